The molecular weight excluding hydrogens is 352 g/mol. The molecule has 3 aromatic rings. The molecule has 3 rings (SSSR count). The third-order valence-corrected chi connectivity index (χ3v) is 4.00. The molecule has 2 aromatic carbocycles. The first-order valence-corrected chi connectivity index (χ1v) is 7.52. The van der Waals surface area contributed by atoms with Crippen LogP contribution in [0.3, 0.4) is 0 Å². The van der Waals surface area contributed by atoms with E-state index < -0.39 is 0 Å². The van der Waals surface area contributed by atoms with Gasteiger partial charge in [-0.25, -0.2) is 0 Å². The Labute approximate surface area is 135 Å². The minimum absolute atomic E-state index is 0.389. The van der Waals surface area contributed by atoms with E-state index in [4.69, 9.17) is 22.1 Å². The van der Waals surface area contributed by atoms with Crippen LogP contribution in [0.25, 0.3) is 10.9 Å². The van der Waals surface area contributed by atoms with Crippen LogP contribution < -0.4 is 10.5 Å². The van der Waals surface area contributed by atoms with E-state index in [1.807, 2.05) is 36.4 Å². The lowest BCUT2D eigenvalue weighted by Crippen LogP contribution is -1.98. The predicted octanol–water partition coefficient (Wildman–Crippen LogP) is 4.81. The Morgan fingerprint density at radius 2 is 2.05 bits per heavy atom. The molecule has 0 aliphatic rings. The first kappa shape index (κ1) is 14.2. The molecule has 2 N–H and O–H groups in total. The lowest BCUT2D eigenvalue weighted by atomic mass is 10.1. The van der Waals surface area contributed by atoms with Crippen molar-refractivity contribution in [3.8, 4) is 5.75 Å². The summed E-state index contributed by atoms with van der Waals surface area (Å²) in [6, 6.07) is 13.2. The summed E-state index contributed by atoms with van der Waals surface area (Å²) in [7, 11) is 0. The fourth-order valence-corrected chi connectivity index (χ4v) is 2.82. The SMILES string of the molecule is Nc1ccc(OCc2ccc(Br)cc2Cl)c2cccnc12. The number of hydrogen-bond acceptors (Lipinski definition) is 3. The van der Waals surface area contributed by atoms with Crippen LogP contribution in [0.15, 0.2) is 53.1 Å². The zero-order valence-electron chi connectivity index (χ0n) is 11.0. The van der Waals surface area contributed by atoms with E-state index >= 15 is 0 Å². The van der Waals surface area contributed by atoms with Gasteiger partial charge in [0.2, 0.25) is 0 Å². The number of fused-ring (bicyclic) bond motifs is 1. The minimum atomic E-state index is 0.389. The molecule has 106 valence electrons. The number of pyridine rings is 1. The molecule has 1 aromatic heterocycles. The van der Waals surface area contributed by atoms with E-state index in [1.54, 1.807) is 12.3 Å². The number of benzene rings is 2. The highest BCUT2D eigenvalue weighted by molar-refractivity contribution is 9.10. The molecule has 0 spiro atoms. The average Bonchev–Trinajstić information content (AvgIpc) is 2.48. The second kappa shape index (κ2) is 5.92. The van der Waals surface area contributed by atoms with Crippen LogP contribution in [-0.4, -0.2) is 4.98 Å². The fraction of sp³-hybridized carbons (Fsp3) is 0.0625. The summed E-state index contributed by atoms with van der Waals surface area (Å²) in [5.74, 6) is 0.742. The largest absolute Gasteiger partial charge is 0.488 e. The number of aromatic nitrogens is 1. The topological polar surface area (TPSA) is 48.1 Å². The van der Waals surface area contributed by atoms with Crippen LogP contribution in [-0.2, 0) is 6.61 Å². The zero-order valence-corrected chi connectivity index (χ0v) is 13.4. The number of nitrogens with two attached hydrogens (primary N) is 1. The Bertz CT molecular complexity index is 807. The number of anilines is 1. The molecule has 0 radical (unpaired) electrons. The molecule has 3 nitrogen and oxygen atoms in total. The average molecular weight is 364 g/mol. The van der Waals surface area contributed by atoms with Crippen LogP contribution in [0.2, 0.25) is 5.02 Å². The molecule has 0 amide bonds. The molecule has 0 aliphatic heterocycles. The van der Waals surface area contributed by atoms with E-state index in [0.717, 1.165) is 26.7 Å². The molecule has 0 saturated heterocycles. The maximum absolute atomic E-state index is 6.20. The highest BCUT2D eigenvalue weighted by atomic mass is 79.9. The van der Waals surface area contributed by atoms with Gasteiger partial charge >= 0.3 is 0 Å². The van der Waals surface area contributed by atoms with E-state index in [1.165, 1.54) is 0 Å². The minimum Gasteiger partial charge on any atom is -0.488 e. The van der Waals surface area contributed by atoms with Gasteiger partial charge in [-0.15, -0.1) is 0 Å². The van der Waals surface area contributed by atoms with Crippen molar-refractivity contribution in [2.24, 2.45) is 0 Å². The third-order valence-electron chi connectivity index (χ3n) is 3.16. The molecule has 5 heteroatoms. The van der Waals surface area contributed by atoms with Gasteiger partial charge in [-0.1, -0.05) is 33.6 Å². The summed E-state index contributed by atoms with van der Waals surface area (Å²) in [5.41, 5.74) is 8.24. The first-order valence-electron chi connectivity index (χ1n) is 6.35. The van der Waals surface area contributed by atoms with Gasteiger partial charge in [0, 0.05) is 26.6 Å². The van der Waals surface area contributed by atoms with Gasteiger partial charge in [0.25, 0.3) is 0 Å². The maximum Gasteiger partial charge on any atom is 0.129 e. The molecule has 21 heavy (non-hydrogen) atoms. The normalized spacial score (nSPS) is 10.8. The quantitative estimate of drug-likeness (QED) is 0.679. The van der Waals surface area contributed by atoms with Gasteiger partial charge in [0.05, 0.1) is 11.2 Å². The third kappa shape index (κ3) is 2.96. The van der Waals surface area contributed by atoms with Crippen LogP contribution in [0, 0.1) is 0 Å². The van der Waals surface area contributed by atoms with Gasteiger partial charge in [-0.2, -0.15) is 0 Å². The summed E-state index contributed by atoms with van der Waals surface area (Å²) in [6.07, 6.45) is 1.72. The molecule has 0 saturated carbocycles. The number of nitrogens with zero attached hydrogens (tertiary/aromatic N) is 1. The van der Waals surface area contributed by atoms with Crippen LogP contribution in [0.5, 0.6) is 5.75 Å². The highest BCUT2D eigenvalue weighted by Gasteiger charge is 2.07. The van der Waals surface area contributed by atoms with Crippen molar-refractivity contribution in [1.82, 2.24) is 4.98 Å². The molecule has 0 unspecified atom stereocenters. The van der Waals surface area contributed by atoms with Gasteiger partial charge in [0.15, 0.2) is 0 Å². The van der Waals surface area contributed by atoms with Crippen molar-refractivity contribution < 1.29 is 4.74 Å². The van der Waals surface area contributed by atoms with Crippen molar-refractivity contribution in [2.75, 3.05) is 5.73 Å². The lowest BCUT2D eigenvalue weighted by Gasteiger charge is -2.11. The number of halogens is 2. The fourth-order valence-electron chi connectivity index (χ4n) is 2.09. The Morgan fingerprint density at radius 3 is 2.86 bits per heavy atom. The number of hydrogen-bond donors (Lipinski definition) is 1. The molecule has 1 heterocycles. The molecule has 0 fully saturated rings. The first-order chi connectivity index (χ1) is 10.1. The van der Waals surface area contributed by atoms with Crippen LogP contribution in [0.4, 0.5) is 5.69 Å². The monoisotopic (exact) mass is 362 g/mol. The molecule has 0 aliphatic carbocycles. The summed E-state index contributed by atoms with van der Waals surface area (Å²) >= 11 is 9.58. The van der Waals surface area contributed by atoms with Crippen molar-refractivity contribution in [3.05, 3.63) is 63.7 Å². The van der Waals surface area contributed by atoms with E-state index in [-0.39, 0.29) is 0 Å². The van der Waals surface area contributed by atoms with Crippen molar-refractivity contribution in [2.45, 2.75) is 6.61 Å². The van der Waals surface area contributed by atoms with E-state index in [2.05, 4.69) is 20.9 Å². The molecule has 0 bridgehead atoms. The number of ether oxygens (including phenoxy) is 1. The Kier molecular flexibility index (Phi) is 3.99. The Morgan fingerprint density at radius 1 is 1.19 bits per heavy atom. The maximum atomic E-state index is 6.20. The summed E-state index contributed by atoms with van der Waals surface area (Å²) < 4.78 is 6.83. The standard InChI is InChI=1S/C16H12BrClN2O/c17-11-4-3-10(13(18)8-11)9-21-15-6-5-14(19)16-12(15)2-1-7-20-16/h1-8H,9,19H2. The van der Waals surface area contributed by atoms with Crippen molar-refractivity contribution >= 4 is 44.1 Å². The van der Waals surface area contributed by atoms with Gasteiger partial charge in [-0.3, -0.25) is 4.98 Å². The lowest BCUT2D eigenvalue weighted by molar-refractivity contribution is 0.310. The van der Waals surface area contributed by atoms with E-state index in [0.29, 0.717) is 17.3 Å². The number of nitrogen functional groups attached to an aromatic ring is 1. The second-order valence-corrected chi connectivity index (χ2v) is 5.90. The van der Waals surface area contributed by atoms with Gasteiger partial charge in [-0.05, 0) is 36.4 Å². The zero-order chi connectivity index (χ0) is 14.8. The second-order valence-electron chi connectivity index (χ2n) is 4.58. The smallest absolute Gasteiger partial charge is 0.129 e. The summed E-state index contributed by atoms with van der Waals surface area (Å²) in [4.78, 5) is 4.29. The molecular formula is C16H12BrClN2O. The van der Waals surface area contributed by atoms with Crippen LogP contribution >= 0.6 is 27.5 Å². The van der Waals surface area contributed by atoms with Crippen molar-refractivity contribution in [1.29, 1.82) is 0 Å². The van der Waals surface area contributed by atoms with Crippen molar-refractivity contribution in [3.63, 3.8) is 0 Å². The predicted molar refractivity (Wildman–Crippen MR) is 89.6 cm³/mol. The van der Waals surface area contributed by atoms with Crippen LogP contribution in [0.1, 0.15) is 5.56 Å². The summed E-state index contributed by atoms with van der Waals surface area (Å²) in [5, 5.41) is 1.56. The number of rotatable bonds is 3. The Balaban J connectivity index is 1.90. The summed E-state index contributed by atoms with van der Waals surface area (Å²) in [6.45, 7) is 0.389. The van der Waals surface area contributed by atoms with Gasteiger partial charge < -0.3 is 10.5 Å². The Hall–Kier alpha value is -1.78. The van der Waals surface area contributed by atoms with Gasteiger partial charge in [0.1, 0.15) is 12.4 Å². The highest BCUT2D eigenvalue weighted by Crippen LogP contribution is 2.30. The molecule has 0 atom stereocenters. The van der Waals surface area contributed by atoms with E-state index in [9.17, 15) is 0 Å².